The highest BCUT2D eigenvalue weighted by Crippen LogP contribution is 2.43. The molecule has 1 aromatic carbocycles. The Hall–Kier alpha value is -1.50. The molecule has 0 aromatic heterocycles. The molecule has 1 aliphatic heterocycles. The van der Waals surface area contributed by atoms with Crippen LogP contribution in [0.2, 0.25) is 0 Å². The summed E-state index contributed by atoms with van der Waals surface area (Å²) in [7, 11) is 3.45. The molecular formula is C24H36F2N2O2. The molecular weight excluding hydrogens is 386 g/mol. The zero-order valence-electron chi connectivity index (χ0n) is 18.3. The summed E-state index contributed by atoms with van der Waals surface area (Å²) in [5.74, 6) is -2.30. The summed E-state index contributed by atoms with van der Waals surface area (Å²) in [6.07, 6.45) is 5.60. The van der Waals surface area contributed by atoms with Crippen molar-refractivity contribution in [1.29, 1.82) is 0 Å². The van der Waals surface area contributed by atoms with E-state index in [1.807, 2.05) is 18.0 Å². The summed E-state index contributed by atoms with van der Waals surface area (Å²) in [5, 5.41) is 2.93. The van der Waals surface area contributed by atoms with Gasteiger partial charge < -0.3 is 14.8 Å². The van der Waals surface area contributed by atoms with Crippen LogP contribution in [0, 0.1) is 0 Å². The minimum Gasteiger partial charge on any atom is -0.385 e. The molecule has 168 valence electrons. The highest BCUT2D eigenvalue weighted by Gasteiger charge is 2.61. The molecule has 2 fully saturated rings. The van der Waals surface area contributed by atoms with E-state index < -0.39 is 17.5 Å². The van der Waals surface area contributed by atoms with Crippen LogP contribution in [0.15, 0.2) is 43.1 Å². The van der Waals surface area contributed by atoms with Crippen LogP contribution in [0.25, 0.3) is 0 Å². The molecule has 1 saturated heterocycles. The van der Waals surface area contributed by atoms with Crippen LogP contribution in [-0.4, -0.2) is 62.4 Å². The van der Waals surface area contributed by atoms with E-state index in [-0.39, 0.29) is 32.2 Å². The van der Waals surface area contributed by atoms with Crippen molar-refractivity contribution >= 4 is 0 Å². The predicted octanol–water partition coefficient (Wildman–Crippen LogP) is 4.58. The topological polar surface area (TPSA) is 33.7 Å². The van der Waals surface area contributed by atoms with Crippen LogP contribution < -0.4 is 5.32 Å². The van der Waals surface area contributed by atoms with Gasteiger partial charge in [0.1, 0.15) is 5.54 Å². The summed E-state index contributed by atoms with van der Waals surface area (Å²) in [4.78, 5) is 2.00. The van der Waals surface area contributed by atoms with Crippen molar-refractivity contribution in [3.63, 3.8) is 0 Å². The van der Waals surface area contributed by atoms with E-state index in [9.17, 15) is 0 Å². The summed E-state index contributed by atoms with van der Waals surface area (Å²) in [5.41, 5.74) is -0.0599. The summed E-state index contributed by atoms with van der Waals surface area (Å²) < 4.78 is 41.9. The molecule has 6 heteroatoms. The maximum Gasteiger partial charge on any atom is 0.273 e. The molecule has 1 N–H and O–H groups in total. The second kappa shape index (κ2) is 10.2. The van der Waals surface area contributed by atoms with Crippen molar-refractivity contribution in [1.82, 2.24) is 10.2 Å². The fourth-order valence-electron chi connectivity index (χ4n) is 5.17. The molecule has 0 amide bonds. The third-order valence-electron chi connectivity index (χ3n) is 7.03. The van der Waals surface area contributed by atoms with E-state index in [0.717, 1.165) is 25.7 Å². The van der Waals surface area contributed by atoms with E-state index in [2.05, 4.69) is 36.2 Å². The number of benzene rings is 1. The lowest BCUT2D eigenvalue weighted by molar-refractivity contribution is -0.175. The zero-order valence-corrected chi connectivity index (χ0v) is 18.3. The Morgan fingerprint density at radius 2 is 1.90 bits per heavy atom. The average Bonchev–Trinajstić information content (AvgIpc) is 2.76. The van der Waals surface area contributed by atoms with Gasteiger partial charge in [0.25, 0.3) is 5.92 Å². The van der Waals surface area contributed by atoms with Gasteiger partial charge in [0, 0.05) is 33.1 Å². The maximum absolute atomic E-state index is 15.2. The SMILES string of the molecule is C=CNC1(CCOC)C(COC2CCC(c3ccccc3)CC2)N(C)CCC1(F)F. The second-order valence-electron chi connectivity index (χ2n) is 8.73. The van der Waals surface area contributed by atoms with E-state index >= 15 is 8.78 Å². The van der Waals surface area contributed by atoms with Crippen molar-refractivity contribution in [3.05, 3.63) is 48.7 Å². The lowest BCUT2D eigenvalue weighted by Gasteiger charge is -2.53. The first kappa shape index (κ1) is 23.2. The first-order valence-electron chi connectivity index (χ1n) is 11.1. The van der Waals surface area contributed by atoms with Crippen molar-refractivity contribution in [2.45, 2.75) is 68.1 Å². The van der Waals surface area contributed by atoms with Gasteiger partial charge in [-0.15, -0.1) is 0 Å². The Morgan fingerprint density at radius 3 is 2.53 bits per heavy atom. The van der Waals surface area contributed by atoms with E-state index in [1.54, 1.807) is 7.11 Å². The number of likely N-dealkylation sites (N-methyl/N-ethyl adjacent to an activating group) is 1. The van der Waals surface area contributed by atoms with E-state index in [1.165, 1.54) is 11.8 Å². The molecule has 4 nitrogen and oxygen atoms in total. The van der Waals surface area contributed by atoms with Crippen LogP contribution in [0.1, 0.15) is 50.0 Å². The lowest BCUT2D eigenvalue weighted by atomic mass is 9.75. The normalized spacial score (nSPS) is 31.9. The number of nitrogens with zero attached hydrogens (tertiary/aromatic N) is 1. The fraction of sp³-hybridized carbons (Fsp3) is 0.667. The third-order valence-corrected chi connectivity index (χ3v) is 7.03. The molecule has 30 heavy (non-hydrogen) atoms. The van der Waals surface area contributed by atoms with Gasteiger partial charge >= 0.3 is 0 Å². The monoisotopic (exact) mass is 422 g/mol. The van der Waals surface area contributed by atoms with Crippen LogP contribution in [-0.2, 0) is 9.47 Å². The smallest absolute Gasteiger partial charge is 0.273 e. The van der Waals surface area contributed by atoms with Crippen molar-refractivity contribution in [2.75, 3.05) is 33.9 Å². The highest BCUT2D eigenvalue weighted by atomic mass is 19.3. The van der Waals surface area contributed by atoms with Crippen molar-refractivity contribution < 1.29 is 18.3 Å². The van der Waals surface area contributed by atoms with Gasteiger partial charge in [0.15, 0.2) is 0 Å². The van der Waals surface area contributed by atoms with Gasteiger partial charge in [0.2, 0.25) is 0 Å². The molecule has 1 aliphatic carbocycles. The summed E-state index contributed by atoms with van der Waals surface area (Å²) in [6.45, 7) is 4.55. The number of alkyl halides is 2. The molecule has 1 saturated carbocycles. The Labute approximate surface area is 179 Å². The van der Waals surface area contributed by atoms with Gasteiger partial charge in [-0.1, -0.05) is 36.9 Å². The largest absolute Gasteiger partial charge is 0.385 e. The van der Waals surface area contributed by atoms with Crippen molar-refractivity contribution in [2.24, 2.45) is 0 Å². The molecule has 0 bridgehead atoms. The number of likely N-dealkylation sites (tertiary alicyclic amines) is 1. The van der Waals surface area contributed by atoms with Crippen molar-refractivity contribution in [3.8, 4) is 0 Å². The minimum absolute atomic E-state index is 0.123. The molecule has 2 unspecified atom stereocenters. The van der Waals surface area contributed by atoms with Crippen LogP contribution in [0.5, 0.6) is 0 Å². The van der Waals surface area contributed by atoms with E-state index in [4.69, 9.17) is 9.47 Å². The third kappa shape index (κ3) is 4.87. The Bertz CT molecular complexity index is 664. The Morgan fingerprint density at radius 1 is 1.20 bits per heavy atom. The van der Waals surface area contributed by atoms with Gasteiger partial charge in [-0.3, -0.25) is 4.90 Å². The molecule has 3 rings (SSSR count). The zero-order chi connectivity index (χ0) is 21.6. The first-order chi connectivity index (χ1) is 14.4. The van der Waals surface area contributed by atoms with Crippen LogP contribution >= 0.6 is 0 Å². The molecule has 1 aromatic rings. The quantitative estimate of drug-likeness (QED) is 0.632. The number of rotatable bonds is 9. The summed E-state index contributed by atoms with van der Waals surface area (Å²) in [6, 6.07) is 10.1. The van der Waals surface area contributed by atoms with E-state index in [0.29, 0.717) is 12.5 Å². The fourth-order valence-corrected chi connectivity index (χ4v) is 5.17. The standard InChI is InChI=1S/C24H36F2N2O2/c1-4-27-23(15-17-29-3)22(28(2)16-14-24(23,25)26)18-30-21-12-10-20(11-13-21)19-8-6-5-7-9-19/h4-9,20-22,27H,1,10-18H2,2-3H3. The van der Waals surface area contributed by atoms with Gasteiger partial charge in [-0.05, 0) is 50.4 Å². The predicted molar refractivity (Wildman–Crippen MR) is 116 cm³/mol. The number of piperidine rings is 1. The number of hydrogen-bond acceptors (Lipinski definition) is 4. The summed E-state index contributed by atoms with van der Waals surface area (Å²) >= 11 is 0. The molecule has 2 aliphatic rings. The van der Waals surface area contributed by atoms with Gasteiger partial charge in [0.05, 0.1) is 18.8 Å². The molecule has 0 spiro atoms. The number of hydrogen-bond donors (Lipinski definition) is 1. The Kier molecular flexibility index (Phi) is 7.88. The maximum atomic E-state index is 15.2. The average molecular weight is 423 g/mol. The number of methoxy groups -OCH3 is 1. The second-order valence-corrected chi connectivity index (χ2v) is 8.73. The van der Waals surface area contributed by atoms with Crippen LogP contribution in [0.3, 0.4) is 0 Å². The van der Waals surface area contributed by atoms with Gasteiger partial charge in [-0.2, -0.15) is 0 Å². The lowest BCUT2D eigenvalue weighted by Crippen LogP contribution is -2.73. The van der Waals surface area contributed by atoms with Crippen LogP contribution in [0.4, 0.5) is 8.78 Å². The number of halogens is 2. The number of nitrogens with one attached hydrogen (secondary N) is 1. The molecule has 1 heterocycles. The highest BCUT2D eigenvalue weighted by molar-refractivity contribution is 5.20. The molecule has 0 radical (unpaired) electrons. The minimum atomic E-state index is -2.87. The number of ether oxygens (including phenoxy) is 2. The molecule has 2 atom stereocenters. The Balaban J connectivity index is 1.65. The van der Waals surface area contributed by atoms with Gasteiger partial charge in [-0.25, -0.2) is 8.78 Å². The first-order valence-corrected chi connectivity index (χ1v) is 11.1.